The molecule has 0 aromatic heterocycles. The molecule has 0 saturated heterocycles. The van der Waals surface area contributed by atoms with Gasteiger partial charge in [-0.05, 0) is 12.0 Å². The van der Waals surface area contributed by atoms with E-state index in [2.05, 4.69) is 4.52 Å². The van der Waals surface area contributed by atoms with Crippen molar-refractivity contribution < 1.29 is 18.8 Å². The number of hydrogen-bond donors (Lipinski definition) is 1. The third-order valence-electron chi connectivity index (χ3n) is 2.20. The van der Waals surface area contributed by atoms with Crippen LogP contribution in [0.1, 0.15) is 12.0 Å². The molecule has 0 amide bonds. The van der Waals surface area contributed by atoms with E-state index in [1.807, 2.05) is 30.3 Å². The number of benzene rings is 1. The van der Waals surface area contributed by atoms with Crippen molar-refractivity contribution in [2.24, 2.45) is 0 Å². The maximum atomic E-state index is 11.4. The Balaban J connectivity index is 2.40. The average Bonchev–Trinajstić information content (AvgIpc) is 2.27. The van der Waals surface area contributed by atoms with E-state index in [1.54, 1.807) is 0 Å². The van der Waals surface area contributed by atoms with Crippen LogP contribution in [0.25, 0.3) is 0 Å². The summed E-state index contributed by atoms with van der Waals surface area (Å²) in [7, 11) is -2.57. The fourth-order valence-electron chi connectivity index (χ4n) is 1.29. The Morgan fingerprint density at radius 2 is 2.00 bits per heavy atom. The highest BCUT2D eigenvalue weighted by atomic mass is 31.2. The van der Waals surface area contributed by atoms with Gasteiger partial charge in [-0.15, -0.1) is 0 Å². The zero-order valence-electron chi connectivity index (χ0n) is 9.13. The van der Waals surface area contributed by atoms with E-state index in [4.69, 9.17) is 4.89 Å². The van der Waals surface area contributed by atoms with E-state index in [-0.39, 0.29) is 12.2 Å². The van der Waals surface area contributed by atoms with Gasteiger partial charge in [0.2, 0.25) is 0 Å². The van der Waals surface area contributed by atoms with E-state index in [0.717, 1.165) is 12.7 Å². The topological polar surface area (TPSA) is 63.6 Å². The zero-order valence-corrected chi connectivity index (χ0v) is 10.0. The predicted molar refractivity (Wildman–Crippen MR) is 61.5 cm³/mol. The largest absolute Gasteiger partial charge is 0.335 e. The van der Waals surface area contributed by atoms with Gasteiger partial charge >= 0.3 is 7.60 Å². The summed E-state index contributed by atoms with van der Waals surface area (Å²) in [5.74, 6) is -0.253. The molecule has 0 aliphatic rings. The van der Waals surface area contributed by atoms with E-state index >= 15 is 0 Å². The van der Waals surface area contributed by atoms with Crippen LogP contribution < -0.4 is 0 Å². The molecule has 0 heterocycles. The van der Waals surface area contributed by atoms with Crippen molar-refractivity contribution in [3.63, 3.8) is 0 Å². The second-order valence-electron chi connectivity index (χ2n) is 3.50. The normalized spacial score (nSPS) is 14.4. The predicted octanol–water partition coefficient (Wildman–Crippen LogP) is 2.02. The fourth-order valence-corrected chi connectivity index (χ4v) is 2.03. The van der Waals surface area contributed by atoms with Crippen LogP contribution in [0, 0.1) is 0 Å². The molecule has 0 aliphatic heterocycles. The van der Waals surface area contributed by atoms with Crippen molar-refractivity contribution in [1.29, 1.82) is 0 Å². The molecule has 1 aromatic carbocycles. The number of carbonyl (C=O) groups is 1. The SMILES string of the molecule is COP(=O)(O)CC(=O)CCc1ccccc1. The van der Waals surface area contributed by atoms with Gasteiger partial charge in [0.25, 0.3) is 0 Å². The Bertz CT molecular complexity index is 388. The third kappa shape index (κ3) is 4.71. The summed E-state index contributed by atoms with van der Waals surface area (Å²) in [6.07, 6.45) is 0.442. The van der Waals surface area contributed by atoms with Crippen LogP contribution in [0.4, 0.5) is 0 Å². The molecule has 0 fully saturated rings. The summed E-state index contributed by atoms with van der Waals surface area (Å²) in [6, 6.07) is 9.53. The lowest BCUT2D eigenvalue weighted by Gasteiger charge is -2.07. The smallest absolute Gasteiger partial charge is 0.324 e. The molecular formula is C11H15O4P. The number of aryl methyl sites for hydroxylation is 1. The van der Waals surface area contributed by atoms with E-state index in [9.17, 15) is 9.36 Å². The molecule has 0 saturated carbocycles. The van der Waals surface area contributed by atoms with Crippen LogP contribution >= 0.6 is 7.60 Å². The minimum Gasteiger partial charge on any atom is -0.324 e. The van der Waals surface area contributed by atoms with Crippen LogP contribution in [0.3, 0.4) is 0 Å². The van der Waals surface area contributed by atoms with Gasteiger partial charge in [0, 0.05) is 13.5 Å². The first-order chi connectivity index (χ1) is 7.53. The average molecular weight is 242 g/mol. The van der Waals surface area contributed by atoms with Crippen molar-refractivity contribution in [3.05, 3.63) is 35.9 Å². The highest BCUT2D eigenvalue weighted by molar-refractivity contribution is 7.53. The quantitative estimate of drug-likeness (QED) is 0.775. The Hall–Kier alpha value is -0.960. The summed E-state index contributed by atoms with van der Waals surface area (Å²) in [5.41, 5.74) is 1.04. The van der Waals surface area contributed by atoms with E-state index in [1.165, 1.54) is 0 Å². The molecule has 4 nitrogen and oxygen atoms in total. The van der Waals surface area contributed by atoms with Crippen LogP contribution in [-0.4, -0.2) is 23.9 Å². The lowest BCUT2D eigenvalue weighted by Crippen LogP contribution is -2.07. The van der Waals surface area contributed by atoms with Crippen LogP contribution in [0.5, 0.6) is 0 Å². The second-order valence-corrected chi connectivity index (χ2v) is 5.46. The Kier molecular flexibility index (Phi) is 4.87. The summed E-state index contributed by atoms with van der Waals surface area (Å²) in [4.78, 5) is 20.5. The highest BCUT2D eigenvalue weighted by Gasteiger charge is 2.21. The van der Waals surface area contributed by atoms with E-state index in [0.29, 0.717) is 6.42 Å². The summed E-state index contributed by atoms with van der Waals surface area (Å²) >= 11 is 0. The van der Waals surface area contributed by atoms with E-state index < -0.39 is 13.8 Å². The fraction of sp³-hybridized carbons (Fsp3) is 0.364. The molecule has 1 N–H and O–H groups in total. The second kappa shape index (κ2) is 5.94. The van der Waals surface area contributed by atoms with Gasteiger partial charge in [0.15, 0.2) is 0 Å². The van der Waals surface area contributed by atoms with Crippen molar-refractivity contribution in [1.82, 2.24) is 0 Å². The minimum absolute atomic E-state index is 0.253. The molecule has 1 aromatic rings. The molecule has 16 heavy (non-hydrogen) atoms. The minimum atomic E-state index is -3.70. The molecule has 0 spiro atoms. The molecule has 88 valence electrons. The maximum absolute atomic E-state index is 11.4. The van der Waals surface area contributed by atoms with Crippen molar-refractivity contribution >= 4 is 13.4 Å². The maximum Gasteiger partial charge on any atom is 0.335 e. The monoisotopic (exact) mass is 242 g/mol. The van der Waals surface area contributed by atoms with Crippen LogP contribution in [0.15, 0.2) is 30.3 Å². The Morgan fingerprint density at radius 1 is 1.38 bits per heavy atom. The number of hydrogen-bond acceptors (Lipinski definition) is 3. The van der Waals surface area contributed by atoms with Gasteiger partial charge in [-0.25, -0.2) is 0 Å². The summed E-state index contributed by atoms with van der Waals surface area (Å²) < 4.78 is 15.5. The standard InChI is InChI=1S/C11H15O4P/c1-15-16(13,14)9-11(12)8-7-10-5-3-2-4-6-10/h2-6H,7-9H2,1H3,(H,13,14). The highest BCUT2D eigenvalue weighted by Crippen LogP contribution is 2.40. The molecule has 0 bridgehead atoms. The molecule has 1 atom stereocenters. The number of carbonyl (C=O) groups excluding carboxylic acids is 1. The number of rotatable bonds is 6. The summed E-state index contributed by atoms with van der Waals surface area (Å²) in [6.45, 7) is 0. The first-order valence-corrected chi connectivity index (χ1v) is 6.73. The first-order valence-electron chi connectivity index (χ1n) is 4.97. The first kappa shape index (κ1) is 13.1. The number of ketones is 1. The zero-order chi connectivity index (χ0) is 12.0. The lowest BCUT2D eigenvalue weighted by molar-refractivity contribution is -0.116. The summed E-state index contributed by atoms with van der Waals surface area (Å²) in [5, 5.41) is 0. The van der Waals surface area contributed by atoms with Crippen LogP contribution in [0.2, 0.25) is 0 Å². The van der Waals surface area contributed by atoms with Gasteiger partial charge in [-0.3, -0.25) is 9.36 Å². The lowest BCUT2D eigenvalue weighted by atomic mass is 10.1. The molecule has 5 heteroatoms. The molecule has 0 aliphatic carbocycles. The Morgan fingerprint density at radius 3 is 2.56 bits per heavy atom. The van der Waals surface area contributed by atoms with Crippen molar-refractivity contribution in [2.45, 2.75) is 12.8 Å². The molecule has 0 radical (unpaired) electrons. The van der Waals surface area contributed by atoms with Gasteiger partial charge in [0.1, 0.15) is 11.9 Å². The number of Topliss-reactive ketones (excluding diaryl/α,β-unsaturated/α-hetero) is 1. The molecular weight excluding hydrogens is 227 g/mol. The van der Waals surface area contributed by atoms with Crippen LogP contribution in [-0.2, 0) is 20.3 Å². The third-order valence-corrected chi connectivity index (χ3v) is 3.52. The Labute approximate surface area is 94.8 Å². The van der Waals surface area contributed by atoms with Gasteiger partial charge in [-0.2, -0.15) is 0 Å². The molecule has 1 unspecified atom stereocenters. The van der Waals surface area contributed by atoms with Gasteiger partial charge < -0.3 is 9.42 Å². The van der Waals surface area contributed by atoms with Gasteiger partial charge in [0.05, 0.1) is 0 Å². The van der Waals surface area contributed by atoms with Crippen molar-refractivity contribution in [2.75, 3.05) is 13.3 Å². The van der Waals surface area contributed by atoms with Crippen molar-refractivity contribution in [3.8, 4) is 0 Å². The van der Waals surface area contributed by atoms with Gasteiger partial charge in [-0.1, -0.05) is 30.3 Å². The molecule has 1 rings (SSSR count).